The molecule has 1 amide bonds. The maximum absolute atomic E-state index is 12.1. The van der Waals surface area contributed by atoms with Crippen molar-refractivity contribution in [2.75, 3.05) is 0 Å². The lowest BCUT2D eigenvalue weighted by molar-refractivity contribution is -0.117. The molecule has 0 saturated carbocycles. The van der Waals surface area contributed by atoms with Crippen molar-refractivity contribution in [2.45, 2.75) is 36.7 Å². The SMILES string of the molecule is CCC(C)NC(=O)/C=C/c1ccc(SC(F)(F)F)cc1. The Balaban J connectivity index is 2.59. The molecule has 1 rings (SSSR count). The molecule has 2 nitrogen and oxygen atoms in total. The lowest BCUT2D eigenvalue weighted by atomic mass is 10.2. The van der Waals surface area contributed by atoms with Crippen LogP contribution in [0, 0.1) is 0 Å². The van der Waals surface area contributed by atoms with Crippen molar-refractivity contribution in [1.82, 2.24) is 5.32 Å². The number of thioether (sulfide) groups is 1. The molecule has 6 heteroatoms. The van der Waals surface area contributed by atoms with E-state index in [4.69, 9.17) is 0 Å². The fourth-order valence-electron chi connectivity index (χ4n) is 1.35. The van der Waals surface area contributed by atoms with Crippen molar-refractivity contribution in [3.8, 4) is 0 Å². The third kappa shape index (κ3) is 6.65. The molecule has 0 heterocycles. The summed E-state index contributed by atoms with van der Waals surface area (Å²) in [5.41, 5.74) is -3.61. The summed E-state index contributed by atoms with van der Waals surface area (Å²) in [4.78, 5) is 11.6. The van der Waals surface area contributed by atoms with Crippen LogP contribution < -0.4 is 5.32 Å². The highest BCUT2D eigenvalue weighted by Crippen LogP contribution is 2.36. The van der Waals surface area contributed by atoms with E-state index in [0.717, 1.165) is 6.42 Å². The topological polar surface area (TPSA) is 29.1 Å². The number of halogens is 3. The Morgan fingerprint density at radius 3 is 2.45 bits per heavy atom. The molecular formula is C14H16F3NOS. The van der Waals surface area contributed by atoms with Crippen molar-refractivity contribution >= 4 is 23.7 Å². The van der Waals surface area contributed by atoms with E-state index in [1.54, 1.807) is 18.2 Å². The fraction of sp³-hybridized carbons (Fsp3) is 0.357. The number of hydrogen-bond acceptors (Lipinski definition) is 2. The molecule has 0 aliphatic heterocycles. The Kier molecular flexibility index (Phi) is 6.13. The van der Waals surface area contributed by atoms with E-state index in [2.05, 4.69) is 5.32 Å². The van der Waals surface area contributed by atoms with Crippen LogP contribution in [0.3, 0.4) is 0 Å². The normalized spacial score (nSPS) is 13.4. The van der Waals surface area contributed by atoms with Crippen molar-refractivity contribution < 1.29 is 18.0 Å². The van der Waals surface area contributed by atoms with Crippen LogP contribution in [0.25, 0.3) is 6.08 Å². The molecule has 1 aromatic rings. The highest BCUT2D eigenvalue weighted by Gasteiger charge is 2.28. The summed E-state index contributed by atoms with van der Waals surface area (Å²) in [6.45, 7) is 3.86. The molecule has 0 saturated heterocycles. The summed E-state index contributed by atoms with van der Waals surface area (Å²) >= 11 is -0.158. The van der Waals surface area contributed by atoms with Gasteiger partial charge in [0.1, 0.15) is 0 Å². The predicted molar refractivity (Wildman–Crippen MR) is 75.3 cm³/mol. The van der Waals surface area contributed by atoms with Crippen molar-refractivity contribution in [1.29, 1.82) is 0 Å². The van der Waals surface area contributed by atoms with E-state index >= 15 is 0 Å². The summed E-state index contributed by atoms with van der Waals surface area (Å²) in [5.74, 6) is -0.215. The molecule has 20 heavy (non-hydrogen) atoms. The van der Waals surface area contributed by atoms with Crippen LogP contribution in [0.1, 0.15) is 25.8 Å². The minimum Gasteiger partial charge on any atom is -0.350 e. The smallest absolute Gasteiger partial charge is 0.350 e. The van der Waals surface area contributed by atoms with E-state index in [1.807, 2.05) is 13.8 Å². The molecule has 0 aliphatic rings. The van der Waals surface area contributed by atoms with Crippen molar-refractivity contribution in [3.05, 3.63) is 35.9 Å². The third-order valence-electron chi connectivity index (χ3n) is 2.54. The van der Waals surface area contributed by atoms with Gasteiger partial charge in [-0.1, -0.05) is 19.1 Å². The summed E-state index contributed by atoms with van der Waals surface area (Å²) in [6.07, 6.45) is 3.78. The number of carbonyl (C=O) groups excluding carboxylic acids is 1. The first kappa shape index (κ1) is 16.6. The Hall–Kier alpha value is -1.43. The van der Waals surface area contributed by atoms with Crippen molar-refractivity contribution in [3.63, 3.8) is 0 Å². The molecule has 1 unspecified atom stereocenters. The molecule has 0 radical (unpaired) electrons. The Labute approximate surface area is 120 Å². The van der Waals surface area contributed by atoms with Gasteiger partial charge in [-0.05, 0) is 48.9 Å². The van der Waals surface area contributed by atoms with Crippen LogP contribution >= 0.6 is 11.8 Å². The first-order valence-corrected chi connectivity index (χ1v) is 6.96. The molecule has 1 aromatic carbocycles. The second kappa shape index (κ2) is 7.38. The van der Waals surface area contributed by atoms with E-state index in [0.29, 0.717) is 5.56 Å². The zero-order valence-electron chi connectivity index (χ0n) is 11.2. The second-order valence-electron chi connectivity index (χ2n) is 4.27. The molecule has 0 aromatic heterocycles. The molecular weight excluding hydrogens is 287 g/mol. The fourth-order valence-corrected chi connectivity index (χ4v) is 1.88. The van der Waals surface area contributed by atoms with Gasteiger partial charge in [0, 0.05) is 17.0 Å². The first-order valence-electron chi connectivity index (χ1n) is 6.14. The zero-order valence-corrected chi connectivity index (χ0v) is 12.0. The maximum Gasteiger partial charge on any atom is 0.446 e. The summed E-state index contributed by atoms with van der Waals surface area (Å²) in [7, 11) is 0. The van der Waals surface area contributed by atoms with Crippen LogP contribution in [0.15, 0.2) is 35.2 Å². The number of rotatable bonds is 5. The Morgan fingerprint density at radius 1 is 1.35 bits per heavy atom. The van der Waals surface area contributed by atoms with E-state index in [1.165, 1.54) is 18.2 Å². The van der Waals surface area contributed by atoms with E-state index in [9.17, 15) is 18.0 Å². The second-order valence-corrected chi connectivity index (χ2v) is 5.41. The minimum atomic E-state index is -4.28. The quantitative estimate of drug-likeness (QED) is 0.651. The number of alkyl halides is 3. The Morgan fingerprint density at radius 2 is 1.95 bits per heavy atom. The average Bonchev–Trinajstić information content (AvgIpc) is 2.36. The van der Waals surface area contributed by atoms with Gasteiger partial charge in [0.15, 0.2) is 0 Å². The molecule has 0 fully saturated rings. The van der Waals surface area contributed by atoms with Gasteiger partial charge in [0.05, 0.1) is 0 Å². The molecule has 110 valence electrons. The van der Waals surface area contributed by atoms with Crippen LogP contribution in [0.4, 0.5) is 13.2 Å². The van der Waals surface area contributed by atoms with Gasteiger partial charge in [0.25, 0.3) is 0 Å². The monoisotopic (exact) mass is 303 g/mol. The predicted octanol–water partition coefficient (Wildman–Crippen LogP) is 4.23. The zero-order chi connectivity index (χ0) is 15.2. The van der Waals surface area contributed by atoms with Gasteiger partial charge in [-0.25, -0.2) is 0 Å². The minimum absolute atomic E-state index is 0.0951. The molecule has 1 atom stereocenters. The standard InChI is InChI=1S/C14H16F3NOS/c1-3-10(2)18-13(19)9-6-11-4-7-12(8-5-11)20-14(15,16)17/h4-10H,3H2,1-2H3,(H,18,19)/b9-6+. The van der Waals surface area contributed by atoms with Gasteiger partial charge in [-0.15, -0.1) is 0 Å². The van der Waals surface area contributed by atoms with Gasteiger partial charge < -0.3 is 5.32 Å². The average molecular weight is 303 g/mol. The summed E-state index contributed by atoms with van der Waals surface area (Å²) in [5, 5.41) is 2.76. The van der Waals surface area contributed by atoms with Gasteiger partial charge in [-0.3, -0.25) is 4.79 Å². The van der Waals surface area contributed by atoms with E-state index < -0.39 is 5.51 Å². The lowest BCUT2D eigenvalue weighted by Crippen LogP contribution is -2.30. The molecule has 0 bridgehead atoms. The van der Waals surface area contributed by atoms with Gasteiger partial charge >= 0.3 is 5.51 Å². The highest BCUT2D eigenvalue weighted by atomic mass is 32.2. The lowest BCUT2D eigenvalue weighted by Gasteiger charge is -2.08. The van der Waals surface area contributed by atoms with Gasteiger partial charge in [-0.2, -0.15) is 13.2 Å². The summed E-state index contributed by atoms with van der Waals surface area (Å²) < 4.78 is 36.4. The highest BCUT2D eigenvalue weighted by molar-refractivity contribution is 8.00. The van der Waals surface area contributed by atoms with Crippen LogP contribution in [-0.2, 0) is 4.79 Å². The Bertz CT molecular complexity index is 468. The number of benzene rings is 1. The number of hydrogen-bond donors (Lipinski definition) is 1. The molecule has 0 aliphatic carbocycles. The van der Waals surface area contributed by atoms with Crippen LogP contribution in [0.5, 0.6) is 0 Å². The third-order valence-corrected chi connectivity index (χ3v) is 3.28. The van der Waals surface area contributed by atoms with Crippen LogP contribution in [-0.4, -0.2) is 17.5 Å². The molecule has 1 N–H and O–H groups in total. The molecule has 0 spiro atoms. The first-order chi connectivity index (χ1) is 9.30. The number of nitrogens with one attached hydrogen (secondary N) is 1. The van der Waals surface area contributed by atoms with Gasteiger partial charge in [0.2, 0.25) is 5.91 Å². The number of carbonyl (C=O) groups is 1. The van der Waals surface area contributed by atoms with E-state index in [-0.39, 0.29) is 28.6 Å². The summed E-state index contributed by atoms with van der Waals surface area (Å²) in [6, 6.07) is 5.94. The van der Waals surface area contributed by atoms with Crippen LogP contribution in [0.2, 0.25) is 0 Å². The van der Waals surface area contributed by atoms with Crippen molar-refractivity contribution in [2.24, 2.45) is 0 Å². The largest absolute Gasteiger partial charge is 0.446 e. The maximum atomic E-state index is 12.1. The number of amides is 1.